The Balaban J connectivity index is 1.51. The van der Waals surface area contributed by atoms with Crippen molar-refractivity contribution >= 4 is 35.0 Å². The summed E-state index contributed by atoms with van der Waals surface area (Å²) >= 11 is 1.35. The highest BCUT2D eigenvalue weighted by Crippen LogP contribution is 2.36. The van der Waals surface area contributed by atoms with E-state index in [1.165, 1.54) is 23.9 Å². The van der Waals surface area contributed by atoms with Crippen molar-refractivity contribution in [3.05, 3.63) is 108 Å². The minimum absolute atomic E-state index is 0.0508. The Morgan fingerprint density at radius 2 is 0.970 bits per heavy atom. The van der Waals surface area contributed by atoms with Crippen molar-refractivity contribution in [3.63, 3.8) is 0 Å². The molecule has 0 aliphatic carbocycles. The molecule has 0 saturated carbocycles. The second-order valence-electron chi connectivity index (χ2n) is 7.10. The van der Waals surface area contributed by atoms with Gasteiger partial charge in [-0.05, 0) is 60.7 Å². The van der Waals surface area contributed by atoms with Crippen molar-refractivity contribution in [1.29, 1.82) is 0 Å². The number of amides is 2. The topological polar surface area (TPSA) is 98.7 Å². The lowest BCUT2D eigenvalue weighted by Crippen LogP contribution is -2.12. The zero-order valence-corrected chi connectivity index (χ0v) is 18.2. The van der Waals surface area contributed by atoms with E-state index in [0.29, 0.717) is 11.1 Å². The Morgan fingerprint density at radius 1 is 0.576 bits per heavy atom. The maximum Gasteiger partial charge on any atom is 0.255 e. The van der Waals surface area contributed by atoms with Crippen LogP contribution in [0, 0.1) is 0 Å². The van der Waals surface area contributed by atoms with E-state index in [1.807, 2.05) is 12.1 Å². The highest BCUT2D eigenvalue weighted by molar-refractivity contribution is 7.99. The Labute approximate surface area is 194 Å². The van der Waals surface area contributed by atoms with Gasteiger partial charge in [-0.1, -0.05) is 48.2 Å². The number of hydrogen-bond donors (Lipinski definition) is 4. The second kappa shape index (κ2) is 9.93. The third-order valence-electron chi connectivity index (χ3n) is 4.74. The van der Waals surface area contributed by atoms with Crippen LogP contribution in [0.15, 0.2) is 107 Å². The summed E-state index contributed by atoms with van der Waals surface area (Å²) in [5.74, 6) is -0.762. The molecule has 4 aromatic rings. The van der Waals surface area contributed by atoms with Gasteiger partial charge in [0.05, 0.1) is 11.4 Å². The SMILES string of the molecule is O=C(Nc1cc(Sc2ccc(O)c(NC(=O)c3ccccc3)c2)ccc1O)c1ccccc1. The summed E-state index contributed by atoms with van der Waals surface area (Å²) in [4.78, 5) is 26.4. The van der Waals surface area contributed by atoms with Crippen molar-refractivity contribution in [2.45, 2.75) is 9.79 Å². The summed E-state index contributed by atoms with van der Waals surface area (Å²) in [6.45, 7) is 0. The third-order valence-corrected chi connectivity index (χ3v) is 5.72. The van der Waals surface area contributed by atoms with E-state index in [4.69, 9.17) is 0 Å². The smallest absolute Gasteiger partial charge is 0.255 e. The molecule has 0 radical (unpaired) electrons. The van der Waals surface area contributed by atoms with Crippen LogP contribution in [0.2, 0.25) is 0 Å². The highest BCUT2D eigenvalue weighted by Gasteiger charge is 2.12. The standard InChI is InChI=1S/C26H20N2O4S/c29-23-13-11-19(15-21(23)27-25(31)17-7-3-1-4-8-17)33-20-12-14-24(30)22(16-20)28-26(32)18-9-5-2-6-10-18/h1-16,29-30H,(H,27,31)(H,28,32). The van der Waals surface area contributed by atoms with Gasteiger partial charge in [0.2, 0.25) is 0 Å². The van der Waals surface area contributed by atoms with E-state index in [-0.39, 0.29) is 34.7 Å². The summed E-state index contributed by atoms with van der Waals surface area (Å²) in [7, 11) is 0. The lowest BCUT2D eigenvalue weighted by molar-refractivity contribution is 0.101. The van der Waals surface area contributed by atoms with Crippen LogP contribution in [0.25, 0.3) is 0 Å². The normalized spacial score (nSPS) is 10.4. The predicted molar refractivity (Wildman–Crippen MR) is 129 cm³/mol. The largest absolute Gasteiger partial charge is 0.506 e. The van der Waals surface area contributed by atoms with Crippen molar-refractivity contribution in [2.75, 3.05) is 10.6 Å². The average molecular weight is 457 g/mol. The third kappa shape index (κ3) is 5.53. The van der Waals surface area contributed by atoms with Gasteiger partial charge < -0.3 is 20.8 Å². The number of nitrogens with one attached hydrogen (secondary N) is 2. The van der Waals surface area contributed by atoms with E-state index >= 15 is 0 Å². The van der Waals surface area contributed by atoms with Gasteiger partial charge >= 0.3 is 0 Å². The van der Waals surface area contributed by atoms with Gasteiger partial charge in [-0.2, -0.15) is 0 Å². The van der Waals surface area contributed by atoms with E-state index < -0.39 is 0 Å². The Kier molecular flexibility index (Phi) is 6.61. The first-order valence-corrected chi connectivity index (χ1v) is 10.9. The van der Waals surface area contributed by atoms with Gasteiger partial charge in [-0.15, -0.1) is 0 Å². The zero-order valence-electron chi connectivity index (χ0n) is 17.4. The fraction of sp³-hybridized carbons (Fsp3) is 0. The van der Waals surface area contributed by atoms with Gasteiger partial charge in [0.15, 0.2) is 0 Å². The molecule has 0 aliphatic heterocycles. The number of carbonyl (C=O) groups excluding carboxylic acids is 2. The van der Waals surface area contributed by atoms with E-state index in [0.717, 1.165) is 9.79 Å². The molecule has 6 nitrogen and oxygen atoms in total. The van der Waals surface area contributed by atoms with Crippen LogP contribution in [0.3, 0.4) is 0 Å². The molecule has 0 aromatic heterocycles. The quantitative estimate of drug-likeness (QED) is 0.277. The van der Waals surface area contributed by atoms with Gasteiger partial charge in [0.25, 0.3) is 11.8 Å². The van der Waals surface area contributed by atoms with Crippen LogP contribution in [-0.4, -0.2) is 22.0 Å². The number of carbonyl (C=O) groups is 2. The van der Waals surface area contributed by atoms with Gasteiger partial charge in [-0.25, -0.2) is 0 Å². The Bertz CT molecular complexity index is 1190. The molecule has 7 heteroatoms. The van der Waals surface area contributed by atoms with Gasteiger partial charge in [0.1, 0.15) is 11.5 Å². The first-order chi connectivity index (χ1) is 16.0. The van der Waals surface area contributed by atoms with Crippen molar-refractivity contribution in [2.24, 2.45) is 0 Å². The van der Waals surface area contributed by atoms with E-state index in [2.05, 4.69) is 10.6 Å². The molecular weight excluding hydrogens is 436 g/mol. The van der Waals surface area contributed by atoms with E-state index in [9.17, 15) is 19.8 Å². The molecule has 0 atom stereocenters. The second-order valence-corrected chi connectivity index (χ2v) is 8.25. The molecule has 0 saturated heterocycles. The van der Waals surface area contributed by atoms with E-state index in [1.54, 1.807) is 72.8 Å². The molecular formula is C26H20N2O4S. The van der Waals surface area contributed by atoms with Gasteiger partial charge in [0, 0.05) is 20.9 Å². The monoisotopic (exact) mass is 456 g/mol. The molecule has 4 N–H and O–H groups in total. The lowest BCUT2D eigenvalue weighted by atomic mass is 10.2. The predicted octanol–water partition coefficient (Wildman–Crippen LogP) is 5.75. The molecule has 4 rings (SSSR count). The van der Waals surface area contributed by atoms with Gasteiger partial charge in [-0.3, -0.25) is 9.59 Å². The summed E-state index contributed by atoms with van der Waals surface area (Å²) in [6.07, 6.45) is 0. The Hall–Kier alpha value is -4.23. The Morgan fingerprint density at radius 3 is 1.36 bits per heavy atom. The number of aromatic hydroxyl groups is 2. The van der Waals surface area contributed by atoms with Crippen molar-refractivity contribution < 1.29 is 19.8 Å². The van der Waals surface area contributed by atoms with Crippen LogP contribution in [0.4, 0.5) is 11.4 Å². The fourth-order valence-corrected chi connectivity index (χ4v) is 3.96. The van der Waals surface area contributed by atoms with Crippen LogP contribution in [0.5, 0.6) is 11.5 Å². The molecule has 2 amide bonds. The van der Waals surface area contributed by atoms with Crippen LogP contribution >= 0.6 is 11.8 Å². The first kappa shape index (κ1) is 22.0. The summed E-state index contributed by atoms with van der Waals surface area (Å²) in [5.41, 5.74) is 1.52. The molecule has 0 fully saturated rings. The average Bonchev–Trinajstić information content (AvgIpc) is 2.84. The number of benzene rings is 4. The summed E-state index contributed by atoms with van der Waals surface area (Å²) in [5, 5.41) is 25.8. The lowest BCUT2D eigenvalue weighted by Gasteiger charge is -2.11. The summed E-state index contributed by atoms with van der Waals surface area (Å²) in [6, 6.07) is 27.2. The molecule has 33 heavy (non-hydrogen) atoms. The molecule has 4 aromatic carbocycles. The molecule has 0 bridgehead atoms. The number of rotatable bonds is 6. The summed E-state index contributed by atoms with van der Waals surface area (Å²) < 4.78 is 0. The van der Waals surface area contributed by atoms with Crippen LogP contribution in [-0.2, 0) is 0 Å². The van der Waals surface area contributed by atoms with Crippen LogP contribution < -0.4 is 10.6 Å². The molecule has 0 spiro atoms. The number of hydrogen-bond acceptors (Lipinski definition) is 5. The minimum Gasteiger partial charge on any atom is -0.506 e. The maximum atomic E-state index is 12.4. The maximum absolute atomic E-state index is 12.4. The fourth-order valence-electron chi connectivity index (χ4n) is 3.06. The van der Waals surface area contributed by atoms with Crippen LogP contribution in [0.1, 0.15) is 20.7 Å². The molecule has 0 unspecified atom stereocenters. The molecule has 0 aliphatic rings. The number of anilines is 2. The first-order valence-electron chi connectivity index (χ1n) is 10.1. The van der Waals surface area contributed by atoms with Crippen molar-refractivity contribution in [1.82, 2.24) is 0 Å². The zero-order chi connectivity index (χ0) is 23.2. The molecule has 0 heterocycles. The number of phenols is 2. The van der Waals surface area contributed by atoms with Crippen molar-refractivity contribution in [3.8, 4) is 11.5 Å². The number of phenolic OH excluding ortho intramolecular Hbond substituents is 2. The minimum atomic E-state index is -0.330. The highest BCUT2D eigenvalue weighted by atomic mass is 32.2. The molecule has 164 valence electrons.